The number of benzene rings is 1. The van der Waals surface area contributed by atoms with Crippen LogP contribution in [0.15, 0.2) is 24.3 Å². The van der Waals surface area contributed by atoms with Crippen molar-refractivity contribution < 1.29 is 0 Å². The van der Waals surface area contributed by atoms with E-state index in [2.05, 4.69) is 49.9 Å². The van der Waals surface area contributed by atoms with Crippen molar-refractivity contribution in [1.29, 1.82) is 0 Å². The average Bonchev–Trinajstić information content (AvgIpc) is 2.43. The number of hydrogen-bond donors (Lipinski definition) is 1. The summed E-state index contributed by atoms with van der Waals surface area (Å²) in [6, 6.07) is 8.93. The summed E-state index contributed by atoms with van der Waals surface area (Å²) in [5, 5.41) is 0. The highest BCUT2D eigenvalue weighted by Crippen LogP contribution is 2.32. The number of anilines is 1. The molecule has 0 amide bonds. The first kappa shape index (κ1) is 15.4. The van der Waals surface area contributed by atoms with Crippen LogP contribution in [-0.2, 0) is 0 Å². The molecule has 2 nitrogen and oxygen atoms in total. The van der Waals surface area contributed by atoms with Gasteiger partial charge >= 0.3 is 0 Å². The van der Waals surface area contributed by atoms with E-state index in [-0.39, 0.29) is 6.04 Å². The van der Waals surface area contributed by atoms with Gasteiger partial charge in [0.2, 0.25) is 0 Å². The molecule has 0 spiro atoms. The van der Waals surface area contributed by atoms with Gasteiger partial charge < -0.3 is 10.6 Å². The minimum Gasteiger partial charge on any atom is -0.371 e. The summed E-state index contributed by atoms with van der Waals surface area (Å²) in [5.41, 5.74) is 9.14. The Morgan fingerprint density at radius 2 is 1.85 bits per heavy atom. The molecule has 0 aliphatic carbocycles. The number of piperidine rings is 1. The highest BCUT2D eigenvalue weighted by Gasteiger charge is 2.24. The van der Waals surface area contributed by atoms with E-state index >= 15 is 0 Å². The zero-order chi connectivity index (χ0) is 14.5. The van der Waals surface area contributed by atoms with Crippen molar-refractivity contribution in [3.8, 4) is 0 Å². The van der Waals surface area contributed by atoms with Crippen molar-refractivity contribution in [3.63, 3.8) is 0 Å². The lowest BCUT2D eigenvalue weighted by Gasteiger charge is -2.38. The molecule has 2 heteroatoms. The lowest BCUT2D eigenvalue weighted by molar-refractivity contribution is 0.356. The van der Waals surface area contributed by atoms with Crippen LogP contribution in [-0.4, -0.2) is 13.1 Å². The SMILES string of the molecule is CCCCC(N)c1ccccc1N1C[C@H](C)C[C@H](C)C1. The summed E-state index contributed by atoms with van der Waals surface area (Å²) in [6.45, 7) is 9.29. The van der Waals surface area contributed by atoms with Gasteiger partial charge in [-0.3, -0.25) is 0 Å². The van der Waals surface area contributed by atoms with Gasteiger partial charge in [-0.05, 0) is 36.3 Å². The molecule has 3 atom stereocenters. The number of rotatable bonds is 5. The fraction of sp³-hybridized carbons (Fsp3) is 0.667. The number of nitrogens with zero attached hydrogens (tertiary/aromatic N) is 1. The van der Waals surface area contributed by atoms with E-state index in [4.69, 9.17) is 5.73 Å². The van der Waals surface area contributed by atoms with Gasteiger partial charge in [0.05, 0.1) is 0 Å². The summed E-state index contributed by atoms with van der Waals surface area (Å²) < 4.78 is 0. The van der Waals surface area contributed by atoms with Gasteiger partial charge in [0.15, 0.2) is 0 Å². The van der Waals surface area contributed by atoms with Crippen molar-refractivity contribution in [2.24, 2.45) is 17.6 Å². The molecule has 1 unspecified atom stereocenters. The van der Waals surface area contributed by atoms with Crippen molar-refractivity contribution in [2.45, 2.75) is 52.5 Å². The first-order chi connectivity index (χ1) is 9.61. The Balaban J connectivity index is 2.18. The molecule has 1 aliphatic rings. The molecule has 0 aromatic heterocycles. The van der Waals surface area contributed by atoms with E-state index in [1.165, 1.54) is 43.6 Å². The van der Waals surface area contributed by atoms with Crippen molar-refractivity contribution >= 4 is 5.69 Å². The molecule has 0 bridgehead atoms. The first-order valence-electron chi connectivity index (χ1n) is 8.21. The standard InChI is InChI=1S/C18H30N2/c1-4-5-9-17(19)16-8-6-7-10-18(16)20-12-14(2)11-15(3)13-20/h6-8,10,14-15,17H,4-5,9,11-13,19H2,1-3H3/t14-,15+,17?. The predicted octanol–water partition coefficient (Wildman–Crippen LogP) is 4.36. The van der Waals surface area contributed by atoms with Gasteiger partial charge in [0.25, 0.3) is 0 Å². The molecule has 0 saturated carbocycles. The van der Waals surface area contributed by atoms with E-state index in [1.807, 2.05) is 0 Å². The van der Waals surface area contributed by atoms with Gasteiger partial charge in [0, 0.05) is 24.8 Å². The Morgan fingerprint density at radius 1 is 1.20 bits per heavy atom. The molecule has 1 aromatic carbocycles. The van der Waals surface area contributed by atoms with Gasteiger partial charge in [-0.25, -0.2) is 0 Å². The maximum Gasteiger partial charge on any atom is 0.0414 e. The molecule has 20 heavy (non-hydrogen) atoms. The molecule has 112 valence electrons. The summed E-state index contributed by atoms with van der Waals surface area (Å²) in [5.74, 6) is 1.55. The second-order valence-corrected chi connectivity index (χ2v) is 6.66. The highest BCUT2D eigenvalue weighted by molar-refractivity contribution is 5.55. The van der Waals surface area contributed by atoms with E-state index in [0.717, 1.165) is 18.3 Å². The molecule has 2 rings (SSSR count). The van der Waals surface area contributed by atoms with Crippen LogP contribution < -0.4 is 10.6 Å². The highest BCUT2D eigenvalue weighted by atomic mass is 15.1. The topological polar surface area (TPSA) is 29.3 Å². The van der Waals surface area contributed by atoms with Crippen LogP contribution in [0.3, 0.4) is 0 Å². The molecule has 1 aromatic rings. The van der Waals surface area contributed by atoms with Crippen molar-refractivity contribution in [2.75, 3.05) is 18.0 Å². The van der Waals surface area contributed by atoms with Gasteiger partial charge in [-0.1, -0.05) is 51.8 Å². The van der Waals surface area contributed by atoms with Crippen LogP contribution in [0.4, 0.5) is 5.69 Å². The van der Waals surface area contributed by atoms with E-state index < -0.39 is 0 Å². The molecule has 0 radical (unpaired) electrons. The third-order valence-electron chi connectivity index (χ3n) is 4.41. The maximum atomic E-state index is 6.43. The van der Waals surface area contributed by atoms with Crippen LogP contribution in [0, 0.1) is 11.8 Å². The Morgan fingerprint density at radius 3 is 2.50 bits per heavy atom. The Hall–Kier alpha value is -1.02. The molecule has 1 fully saturated rings. The molecule has 2 N–H and O–H groups in total. The third kappa shape index (κ3) is 3.76. The second kappa shape index (κ2) is 7.12. The van der Waals surface area contributed by atoms with Crippen molar-refractivity contribution in [1.82, 2.24) is 0 Å². The van der Waals surface area contributed by atoms with Crippen LogP contribution in [0.25, 0.3) is 0 Å². The van der Waals surface area contributed by atoms with E-state index in [9.17, 15) is 0 Å². The summed E-state index contributed by atoms with van der Waals surface area (Å²) in [4.78, 5) is 2.56. The molecule has 1 aliphatic heterocycles. The molecular formula is C18H30N2. The molecule has 1 saturated heterocycles. The smallest absolute Gasteiger partial charge is 0.0414 e. The van der Waals surface area contributed by atoms with E-state index in [1.54, 1.807) is 0 Å². The fourth-order valence-corrected chi connectivity index (χ4v) is 3.53. The predicted molar refractivity (Wildman–Crippen MR) is 88.1 cm³/mol. The quantitative estimate of drug-likeness (QED) is 0.864. The largest absolute Gasteiger partial charge is 0.371 e. The van der Waals surface area contributed by atoms with Gasteiger partial charge in [-0.15, -0.1) is 0 Å². The number of unbranched alkanes of at least 4 members (excludes halogenated alkanes) is 1. The summed E-state index contributed by atoms with van der Waals surface area (Å²) in [6.07, 6.45) is 4.86. The first-order valence-corrected chi connectivity index (χ1v) is 8.21. The van der Waals surface area contributed by atoms with Crippen LogP contribution >= 0.6 is 0 Å². The lowest BCUT2D eigenvalue weighted by Crippen LogP contribution is -2.39. The van der Waals surface area contributed by atoms with Crippen LogP contribution in [0.1, 0.15) is 58.1 Å². The Kier molecular flexibility index (Phi) is 5.47. The summed E-state index contributed by atoms with van der Waals surface area (Å²) >= 11 is 0. The minimum absolute atomic E-state index is 0.179. The fourth-order valence-electron chi connectivity index (χ4n) is 3.53. The average molecular weight is 274 g/mol. The number of nitrogens with two attached hydrogens (primary N) is 1. The van der Waals surface area contributed by atoms with Gasteiger partial charge in [0.1, 0.15) is 0 Å². The van der Waals surface area contributed by atoms with Crippen LogP contribution in [0.5, 0.6) is 0 Å². The zero-order valence-corrected chi connectivity index (χ0v) is 13.3. The molecular weight excluding hydrogens is 244 g/mol. The monoisotopic (exact) mass is 274 g/mol. The second-order valence-electron chi connectivity index (χ2n) is 6.66. The zero-order valence-electron chi connectivity index (χ0n) is 13.3. The summed E-state index contributed by atoms with van der Waals surface area (Å²) in [7, 11) is 0. The lowest BCUT2D eigenvalue weighted by atomic mass is 9.90. The van der Waals surface area contributed by atoms with Crippen LogP contribution in [0.2, 0.25) is 0 Å². The normalized spacial score (nSPS) is 24.7. The third-order valence-corrected chi connectivity index (χ3v) is 4.41. The van der Waals surface area contributed by atoms with E-state index in [0.29, 0.717) is 0 Å². The molecule has 1 heterocycles. The van der Waals surface area contributed by atoms with Gasteiger partial charge in [-0.2, -0.15) is 0 Å². The van der Waals surface area contributed by atoms with Crippen molar-refractivity contribution in [3.05, 3.63) is 29.8 Å². The Bertz CT molecular complexity index is 406. The number of para-hydroxylation sites is 1. The minimum atomic E-state index is 0.179. The number of hydrogen-bond acceptors (Lipinski definition) is 2. The maximum absolute atomic E-state index is 6.43. The Labute approximate surface area is 124 Å².